The molecule has 4 heterocycles. The van der Waals surface area contributed by atoms with Crippen molar-refractivity contribution in [3.8, 4) is 0 Å². The molecule has 9 nitrogen and oxygen atoms in total. The number of amides is 4. The zero-order chi connectivity index (χ0) is 27.8. The van der Waals surface area contributed by atoms with Gasteiger partial charge in [-0.25, -0.2) is 4.90 Å². The fourth-order valence-electron chi connectivity index (χ4n) is 6.84. The third kappa shape index (κ3) is 3.31. The zero-order valence-corrected chi connectivity index (χ0v) is 21.9. The van der Waals surface area contributed by atoms with E-state index in [0.29, 0.717) is 29.0 Å². The number of aryl methyl sites for hydroxylation is 1. The fourth-order valence-corrected chi connectivity index (χ4v) is 6.84. The topological polar surface area (TPSA) is 123 Å². The number of aromatic nitrogens is 1. The lowest BCUT2D eigenvalue weighted by molar-refractivity contribution is -0.130. The normalized spacial score (nSPS) is 25.0. The number of imide groups is 1. The molecule has 0 radical (unpaired) electrons. The van der Waals surface area contributed by atoms with E-state index in [0.717, 1.165) is 22.0 Å². The number of H-pyrrole nitrogens is 1. The quantitative estimate of drug-likeness (QED) is 0.299. The van der Waals surface area contributed by atoms with Gasteiger partial charge in [-0.3, -0.25) is 24.5 Å². The molecule has 4 aromatic rings. The summed E-state index contributed by atoms with van der Waals surface area (Å²) in [6, 6.07) is 19.7. The highest BCUT2D eigenvalue weighted by atomic mass is 16.2. The van der Waals surface area contributed by atoms with Crippen LogP contribution in [0.25, 0.3) is 10.9 Å². The number of para-hydroxylation sites is 2. The van der Waals surface area contributed by atoms with Crippen LogP contribution >= 0.6 is 0 Å². The van der Waals surface area contributed by atoms with Crippen molar-refractivity contribution in [3.63, 3.8) is 0 Å². The third-order valence-corrected chi connectivity index (χ3v) is 8.52. The second-order valence-corrected chi connectivity index (χ2v) is 10.8. The lowest BCUT2D eigenvalue weighted by Gasteiger charge is -2.29. The summed E-state index contributed by atoms with van der Waals surface area (Å²) in [6.45, 7) is 3.33. The van der Waals surface area contributed by atoms with Crippen molar-refractivity contribution in [1.82, 2.24) is 10.3 Å². The molecule has 4 N–H and O–H groups in total. The van der Waals surface area contributed by atoms with E-state index in [2.05, 4.69) is 20.9 Å². The van der Waals surface area contributed by atoms with Gasteiger partial charge in [0.2, 0.25) is 23.6 Å². The Morgan fingerprint density at radius 2 is 1.75 bits per heavy atom. The van der Waals surface area contributed by atoms with Gasteiger partial charge in [0, 0.05) is 47.0 Å². The summed E-state index contributed by atoms with van der Waals surface area (Å²) < 4.78 is 0. The lowest BCUT2D eigenvalue weighted by atomic mass is 9.76. The molecule has 3 aromatic carbocycles. The number of fused-ring (bicyclic) bond motifs is 5. The Balaban J connectivity index is 1.34. The zero-order valence-electron chi connectivity index (χ0n) is 21.9. The van der Waals surface area contributed by atoms with Crippen molar-refractivity contribution in [3.05, 3.63) is 89.6 Å². The van der Waals surface area contributed by atoms with Gasteiger partial charge in [0.05, 0.1) is 17.5 Å². The van der Waals surface area contributed by atoms with Gasteiger partial charge in [0.25, 0.3) is 0 Å². The minimum absolute atomic E-state index is 0.218. The van der Waals surface area contributed by atoms with Crippen LogP contribution in [0.1, 0.15) is 23.6 Å². The number of benzene rings is 3. The maximum absolute atomic E-state index is 14.2. The van der Waals surface area contributed by atoms with Crippen molar-refractivity contribution in [2.45, 2.75) is 31.8 Å². The monoisotopic (exact) mass is 533 g/mol. The Morgan fingerprint density at radius 3 is 2.52 bits per heavy atom. The molecule has 4 atom stereocenters. The number of carbonyl (C=O) groups is 4. The third-order valence-electron chi connectivity index (χ3n) is 8.52. The van der Waals surface area contributed by atoms with Crippen molar-refractivity contribution < 1.29 is 19.2 Å². The molecular formula is C31H27N5O4. The molecule has 1 aromatic heterocycles. The maximum atomic E-state index is 14.2. The fraction of sp³-hybridized carbons (Fsp3) is 0.226. The summed E-state index contributed by atoms with van der Waals surface area (Å²) in [4.78, 5) is 58.2. The van der Waals surface area contributed by atoms with Crippen LogP contribution in [0.5, 0.6) is 0 Å². The molecule has 1 spiro atoms. The SMILES string of the molecule is CC(=O)Nc1ccc(N2C(=O)[C@H]3[C@@H](C2=O)[C@@]2(N[C@@H]3Cc3c[nH]c4ccccc34)C(=O)Nc3c(C)cccc32)cc1. The van der Waals surface area contributed by atoms with Crippen LogP contribution in [0.2, 0.25) is 0 Å². The maximum Gasteiger partial charge on any atom is 0.250 e. The van der Waals surface area contributed by atoms with Crippen molar-refractivity contribution >= 4 is 51.6 Å². The first kappa shape index (κ1) is 24.3. The summed E-state index contributed by atoms with van der Waals surface area (Å²) in [7, 11) is 0. The van der Waals surface area contributed by atoms with E-state index in [1.54, 1.807) is 24.3 Å². The molecule has 3 aliphatic heterocycles. The lowest BCUT2D eigenvalue weighted by Crippen LogP contribution is -2.53. The minimum atomic E-state index is -1.37. The number of hydrogen-bond acceptors (Lipinski definition) is 5. The first-order valence-electron chi connectivity index (χ1n) is 13.3. The van der Waals surface area contributed by atoms with E-state index < -0.39 is 29.3 Å². The molecule has 2 saturated heterocycles. The molecule has 9 heteroatoms. The molecule has 0 unspecified atom stereocenters. The number of rotatable bonds is 4. The number of carbonyl (C=O) groups excluding carboxylic acids is 4. The predicted octanol–water partition coefficient (Wildman–Crippen LogP) is 3.60. The van der Waals surface area contributed by atoms with Gasteiger partial charge >= 0.3 is 0 Å². The Hall–Kier alpha value is -4.76. The number of aromatic amines is 1. The van der Waals surface area contributed by atoms with Crippen LogP contribution in [0, 0.1) is 18.8 Å². The molecule has 40 heavy (non-hydrogen) atoms. The van der Waals surface area contributed by atoms with Gasteiger partial charge in [-0.1, -0.05) is 36.4 Å². The summed E-state index contributed by atoms with van der Waals surface area (Å²) in [6.07, 6.45) is 2.38. The Labute approximate surface area is 229 Å². The second-order valence-electron chi connectivity index (χ2n) is 10.8. The summed E-state index contributed by atoms with van der Waals surface area (Å²) in [5.41, 5.74) is 3.85. The molecule has 3 aliphatic rings. The number of nitrogens with zero attached hydrogens (tertiary/aromatic N) is 1. The van der Waals surface area contributed by atoms with Crippen LogP contribution in [-0.2, 0) is 31.1 Å². The van der Waals surface area contributed by atoms with Gasteiger partial charge < -0.3 is 15.6 Å². The van der Waals surface area contributed by atoms with E-state index >= 15 is 0 Å². The molecule has 200 valence electrons. The minimum Gasteiger partial charge on any atom is -0.361 e. The molecule has 4 amide bonds. The van der Waals surface area contributed by atoms with E-state index in [-0.39, 0.29) is 17.7 Å². The van der Waals surface area contributed by atoms with Crippen LogP contribution in [0.4, 0.5) is 17.1 Å². The highest BCUT2D eigenvalue weighted by molar-refractivity contribution is 6.26. The van der Waals surface area contributed by atoms with Crippen LogP contribution in [0.3, 0.4) is 0 Å². The number of nitrogens with one attached hydrogen (secondary N) is 4. The van der Waals surface area contributed by atoms with E-state index in [1.807, 2.05) is 55.6 Å². The Bertz CT molecular complexity index is 1740. The summed E-state index contributed by atoms with van der Waals surface area (Å²) >= 11 is 0. The average Bonchev–Trinajstić information content (AvgIpc) is 3.64. The Kier molecular flexibility index (Phi) is 5.24. The molecular weight excluding hydrogens is 506 g/mol. The summed E-state index contributed by atoms with van der Waals surface area (Å²) in [5.74, 6) is -2.98. The first-order valence-corrected chi connectivity index (χ1v) is 13.3. The van der Waals surface area contributed by atoms with Gasteiger partial charge in [0.15, 0.2) is 0 Å². The standard InChI is InChI=1S/C31H27N5O4/c1-16-6-5-8-22-27(16)34-30(40)31(22)26-25(24(35-31)14-18-15-32-23-9-4-3-7-21(18)23)28(38)36(29(26)39)20-12-10-19(11-13-20)33-17(2)37/h3-13,15,24-26,32,35H,14H2,1-2H3,(H,33,37)(H,34,40)/t24-,25-,26+,31-/m1/s1. The van der Waals surface area contributed by atoms with E-state index in [4.69, 9.17) is 0 Å². The second kappa shape index (κ2) is 8.62. The van der Waals surface area contributed by atoms with Crippen molar-refractivity contribution in [2.75, 3.05) is 15.5 Å². The largest absolute Gasteiger partial charge is 0.361 e. The van der Waals surface area contributed by atoms with E-state index in [9.17, 15) is 19.2 Å². The Morgan fingerprint density at radius 1 is 0.975 bits per heavy atom. The van der Waals surface area contributed by atoms with Crippen LogP contribution in [0.15, 0.2) is 72.9 Å². The average molecular weight is 534 g/mol. The van der Waals surface area contributed by atoms with Crippen molar-refractivity contribution in [1.29, 1.82) is 0 Å². The molecule has 7 rings (SSSR count). The van der Waals surface area contributed by atoms with E-state index in [1.165, 1.54) is 11.8 Å². The number of hydrogen-bond donors (Lipinski definition) is 4. The first-order chi connectivity index (χ1) is 19.3. The predicted molar refractivity (Wildman–Crippen MR) is 151 cm³/mol. The van der Waals surface area contributed by atoms with Crippen LogP contribution in [-0.4, -0.2) is 34.7 Å². The van der Waals surface area contributed by atoms with Gasteiger partial charge in [-0.05, 0) is 54.8 Å². The molecule has 0 saturated carbocycles. The number of anilines is 3. The van der Waals surface area contributed by atoms with Crippen LogP contribution < -0.4 is 20.9 Å². The molecule has 0 aliphatic carbocycles. The van der Waals surface area contributed by atoms with Gasteiger partial charge in [-0.2, -0.15) is 0 Å². The van der Waals surface area contributed by atoms with Gasteiger partial charge in [-0.15, -0.1) is 0 Å². The highest BCUT2D eigenvalue weighted by Gasteiger charge is 2.70. The highest BCUT2D eigenvalue weighted by Crippen LogP contribution is 2.54. The molecule has 2 fully saturated rings. The smallest absolute Gasteiger partial charge is 0.250 e. The summed E-state index contributed by atoms with van der Waals surface area (Å²) in [5, 5.41) is 10.3. The van der Waals surface area contributed by atoms with Crippen molar-refractivity contribution in [2.24, 2.45) is 11.8 Å². The molecule has 0 bridgehead atoms. The van der Waals surface area contributed by atoms with Gasteiger partial charge in [0.1, 0.15) is 5.54 Å².